The third kappa shape index (κ3) is 17.0. The number of carboxylic acid groups (broad SMARTS) is 1. The first-order valence-corrected chi connectivity index (χ1v) is 16.0. The topological polar surface area (TPSA) is 77.8 Å². The third-order valence-electron chi connectivity index (χ3n) is 7.66. The van der Waals surface area contributed by atoms with E-state index in [4.69, 9.17) is 5.11 Å². The Bertz CT molecular complexity index is 754. The van der Waals surface area contributed by atoms with Gasteiger partial charge < -0.3 is 15.3 Å². The number of hydrogen-bond acceptors (Lipinski definition) is 3. The molecule has 4 heteroatoms. The number of rotatable bonds is 18. The average molecular weight is 549 g/mol. The van der Waals surface area contributed by atoms with Crippen molar-refractivity contribution in [1.82, 2.24) is 0 Å². The molecule has 0 fully saturated rings. The molecule has 228 valence electrons. The normalized spacial score (nSPS) is 12.6. The number of phenolic OH excluding ortho intramolecular Hbond substituents is 1. The fourth-order valence-electron chi connectivity index (χ4n) is 4.78. The van der Waals surface area contributed by atoms with Gasteiger partial charge >= 0.3 is 5.97 Å². The fraction of sp³-hybridized carbons (Fsp3) is 0.800. The first-order valence-electron chi connectivity index (χ1n) is 16.0. The number of benzene rings is 1. The van der Waals surface area contributed by atoms with Crippen LogP contribution in [0.4, 0.5) is 0 Å². The number of carboxylic acids is 1. The second-order valence-electron chi connectivity index (χ2n) is 13.5. The number of carbonyl (C=O) groups is 1. The third-order valence-corrected chi connectivity index (χ3v) is 7.66. The molecule has 0 saturated heterocycles. The van der Waals surface area contributed by atoms with E-state index >= 15 is 0 Å². The molecule has 39 heavy (non-hydrogen) atoms. The molecule has 0 saturated carbocycles. The largest absolute Gasteiger partial charge is 0.507 e. The van der Waals surface area contributed by atoms with Crippen LogP contribution >= 0.6 is 0 Å². The summed E-state index contributed by atoms with van der Waals surface area (Å²) in [6, 6.07) is 3.82. The van der Waals surface area contributed by atoms with Gasteiger partial charge in [-0.25, -0.2) is 0 Å². The van der Waals surface area contributed by atoms with Crippen LogP contribution in [0.5, 0.6) is 5.75 Å². The SMILES string of the molecule is CC(C(=O)O)c1cc(C(C)(C)C)cc(C(C)(C)C)c1O.CCCCCCCCCCCCCCCCCCO. The van der Waals surface area contributed by atoms with Crippen molar-refractivity contribution in [2.75, 3.05) is 6.61 Å². The van der Waals surface area contributed by atoms with Gasteiger partial charge in [-0.2, -0.15) is 0 Å². The number of phenols is 1. The molecule has 4 nitrogen and oxygen atoms in total. The highest BCUT2D eigenvalue weighted by Crippen LogP contribution is 2.40. The summed E-state index contributed by atoms with van der Waals surface area (Å²) in [5.41, 5.74) is 2.00. The van der Waals surface area contributed by atoms with Gasteiger partial charge in [-0.05, 0) is 35.3 Å². The zero-order valence-corrected chi connectivity index (χ0v) is 27.0. The predicted molar refractivity (Wildman–Crippen MR) is 168 cm³/mol. The van der Waals surface area contributed by atoms with E-state index < -0.39 is 11.9 Å². The predicted octanol–water partition coefficient (Wildman–Crippen LogP) is 10.4. The van der Waals surface area contributed by atoms with E-state index in [1.807, 2.05) is 32.9 Å². The lowest BCUT2D eigenvalue weighted by atomic mass is 9.77. The summed E-state index contributed by atoms with van der Waals surface area (Å²) < 4.78 is 0. The quantitative estimate of drug-likeness (QED) is 0.159. The molecule has 1 aromatic rings. The van der Waals surface area contributed by atoms with Crippen molar-refractivity contribution in [3.63, 3.8) is 0 Å². The van der Waals surface area contributed by atoms with Crippen LogP contribution in [-0.2, 0) is 15.6 Å². The van der Waals surface area contributed by atoms with Crippen molar-refractivity contribution in [2.24, 2.45) is 0 Å². The maximum absolute atomic E-state index is 11.3. The molecule has 3 N–H and O–H groups in total. The Morgan fingerprint density at radius 3 is 1.38 bits per heavy atom. The molecule has 0 aromatic heterocycles. The molecule has 0 spiro atoms. The van der Waals surface area contributed by atoms with Crippen molar-refractivity contribution in [3.8, 4) is 5.75 Å². The second kappa shape index (κ2) is 20.3. The van der Waals surface area contributed by atoms with Crippen LogP contribution in [0.15, 0.2) is 12.1 Å². The van der Waals surface area contributed by atoms with Gasteiger partial charge in [-0.1, -0.05) is 157 Å². The Kier molecular flexibility index (Phi) is 19.5. The Balaban J connectivity index is 0.000000742. The maximum Gasteiger partial charge on any atom is 0.310 e. The van der Waals surface area contributed by atoms with Crippen LogP contribution in [0.1, 0.15) is 181 Å². The molecule has 0 amide bonds. The van der Waals surface area contributed by atoms with Crippen LogP contribution in [0, 0.1) is 0 Å². The summed E-state index contributed by atoms with van der Waals surface area (Å²) in [6.07, 6.45) is 22.2. The van der Waals surface area contributed by atoms with Gasteiger partial charge in [0.2, 0.25) is 0 Å². The number of hydrogen-bond donors (Lipinski definition) is 3. The number of aliphatic hydroxyl groups excluding tert-OH is 1. The van der Waals surface area contributed by atoms with Gasteiger partial charge in [0.25, 0.3) is 0 Å². The standard InChI is InChI=1S/C18H38O.C17H26O3/c1-2-3-4-5-6-7-8-9-10-11-12-13-14-15-16-17-18-19;1-10(15(19)20)12-8-11(16(2,3)4)9-13(14(12)18)17(5,6)7/h19H,2-18H2,1H3;8-10,18H,1-7H3,(H,19,20). The van der Waals surface area contributed by atoms with Crippen molar-refractivity contribution in [3.05, 3.63) is 28.8 Å². The Morgan fingerprint density at radius 1 is 0.692 bits per heavy atom. The van der Waals surface area contributed by atoms with Gasteiger partial charge in [0, 0.05) is 12.2 Å². The van der Waals surface area contributed by atoms with Crippen LogP contribution in [0.25, 0.3) is 0 Å². The number of aliphatic hydroxyl groups is 1. The smallest absolute Gasteiger partial charge is 0.310 e. The molecule has 0 aliphatic carbocycles. The highest BCUT2D eigenvalue weighted by molar-refractivity contribution is 5.77. The summed E-state index contributed by atoms with van der Waals surface area (Å²) in [6.45, 7) is 16.6. The first-order chi connectivity index (χ1) is 18.3. The molecular formula is C35H64O4. The lowest BCUT2D eigenvalue weighted by molar-refractivity contribution is -0.138. The minimum Gasteiger partial charge on any atom is -0.507 e. The minimum absolute atomic E-state index is 0.0966. The monoisotopic (exact) mass is 548 g/mol. The summed E-state index contributed by atoms with van der Waals surface area (Å²) >= 11 is 0. The average Bonchev–Trinajstić information content (AvgIpc) is 2.85. The molecule has 0 heterocycles. The fourth-order valence-corrected chi connectivity index (χ4v) is 4.78. The molecule has 0 aliphatic rings. The minimum atomic E-state index is -0.925. The maximum atomic E-state index is 11.3. The van der Waals surface area contributed by atoms with Crippen molar-refractivity contribution in [2.45, 2.75) is 175 Å². The van der Waals surface area contributed by atoms with E-state index in [0.717, 1.165) is 17.5 Å². The van der Waals surface area contributed by atoms with E-state index in [1.54, 1.807) is 6.92 Å². The second-order valence-corrected chi connectivity index (χ2v) is 13.5. The van der Waals surface area contributed by atoms with E-state index in [1.165, 1.54) is 96.3 Å². The Hall–Kier alpha value is -1.55. The van der Waals surface area contributed by atoms with Gasteiger partial charge in [-0.15, -0.1) is 0 Å². The van der Waals surface area contributed by atoms with E-state index in [2.05, 4.69) is 27.7 Å². The number of unbranched alkanes of at least 4 members (excludes halogenated alkanes) is 15. The molecule has 0 aliphatic heterocycles. The Morgan fingerprint density at radius 2 is 1.08 bits per heavy atom. The summed E-state index contributed by atoms with van der Waals surface area (Å²) in [4.78, 5) is 11.3. The van der Waals surface area contributed by atoms with Gasteiger partial charge in [0.1, 0.15) is 5.75 Å². The number of aromatic hydroxyl groups is 1. The van der Waals surface area contributed by atoms with Crippen molar-refractivity contribution < 1.29 is 20.1 Å². The van der Waals surface area contributed by atoms with Gasteiger partial charge in [0.15, 0.2) is 0 Å². The van der Waals surface area contributed by atoms with Crippen LogP contribution in [0.3, 0.4) is 0 Å². The van der Waals surface area contributed by atoms with Crippen molar-refractivity contribution >= 4 is 5.97 Å². The molecule has 1 atom stereocenters. The number of aliphatic carboxylic acids is 1. The summed E-state index contributed by atoms with van der Waals surface area (Å²) in [5.74, 6) is -1.54. The van der Waals surface area contributed by atoms with Gasteiger partial charge in [0.05, 0.1) is 5.92 Å². The first kappa shape index (κ1) is 37.5. The summed E-state index contributed by atoms with van der Waals surface area (Å²) in [7, 11) is 0. The van der Waals surface area contributed by atoms with Crippen LogP contribution in [0.2, 0.25) is 0 Å². The Labute approximate surface area is 242 Å². The molecule has 1 rings (SSSR count). The highest BCUT2D eigenvalue weighted by Gasteiger charge is 2.28. The lowest BCUT2D eigenvalue weighted by Crippen LogP contribution is -2.19. The lowest BCUT2D eigenvalue weighted by Gasteiger charge is -2.28. The van der Waals surface area contributed by atoms with Crippen LogP contribution in [-0.4, -0.2) is 27.9 Å². The van der Waals surface area contributed by atoms with Crippen molar-refractivity contribution in [1.29, 1.82) is 0 Å². The van der Waals surface area contributed by atoms with E-state index in [0.29, 0.717) is 12.2 Å². The van der Waals surface area contributed by atoms with Crippen LogP contribution < -0.4 is 0 Å². The van der Waals surface area contributed by atoms with E-state index in [-0.39, 0.29) is 16.6 Å². The van der Waals surface area contributed by atoms with Gasteiger partial charge in [-0.3, -0.25) is 4.79 Å². The molecular weight excluding hydrogens is 484 g/mol. The molecule has 0 radical (unpaired) electrons. The zero-order valence-electron chi connectivity index (χ0n) is 27.0. The zero-order chi connectivity index (χ0) is 29.9. The van der Waals surface area contributed by atoms with E-state index in [9.17, 15) is 15.0 Å². The molecule has 1 aromatic carbocycles. The molecule has 1 unspecified atom stereocenters. The summed E-state index contributed by atoms with van der Waals surface area (Å²) in [5, 5.41) is 28.4. The molecule has 0 bridgehead atoms. The highest BCUT2D eigenvalue weighted by atomic mass is 16.4.